The first-order valence-corrected chi connectivity index (χ1v) is 7.94. The zero-order chi connectivity index (χ0) is 17.6. The fraction of sp³-hybridized carbons (Fsp3) is 0.235. The van der Waals surface area contributed by atoms with Gasteiger partial charge in [-0.2, -0.15) is 0 Å². The molecule has 3 rings (SSSR count). The Hall–Kier alpha value is -1.82. The predicted molar refractivity (Wildman–Crippen MR) is 92.7 cm³/mol. The zero-order valence-corrected chi connectivity index (χ0v) is 14.7. The molecule has 0 fully saturated rings. The third-order valence-electron chi connectivity index (χ3n) is 3.84. The highest BCUT2D eigenvalue weighted by molar-refractivity contribution is 6.35. The Morgan fingerprint density at radius 3 is 2.50 bits per heavy atom. The van der Waals surface area contributed by atoms with E-state index in [1.807, 2.05) is 6.92 Å². The summed E-state index contributed by atoms with van der Waals surface area (Å²) < 4.78 is 14.1. The summed E-state index contributed by atoms with van der Waals surface area (Å²) in [6.45, 7) is 5.22. The minimum atomic E-state index is -1.06. The topological polar surface area (TPSA) is 58.9 Å². The molecule has 3 aromatic rings. The highest BCUT2D eigenvalue weighted by atomic mass is 35.5. The van der Waals surface area contributed by atoms with E-state index in [2.05, 4.69) is 15.0 Å². The number of pyridine rings is 1. The number of aryl methyl sites for hydroxylation is 1. The average molecular weight is 366 g/mol. The van der Waals surface area contributed by atoms with Crippen LogP contribution in [0.1, 0.15) is 25.0 Å². The lowest BCUT2D eigenvalue weighted by molar-refractivity contribution is 0.0777. The van der Waals surface area contributed by atoms with Crippen LogP contribution in [0.3, 0.4) is 0 Å². The number of halogens is 3. The van der Waals surface area contributed by atoms with Gasteiger partial charge in [0.2, 0.25) is 5.28 Å². The molecule has 124 valence electrons. The van der Waals surface area contributed by atoms with E-state index in [0.29, 0.717) is 27.1 Å². The molecular formula is C17H14Cl2FN3O. The van der Waals surface area contributed by atoms with Crippen molar-refractivity contribution >= 4 is 34.1 Å². The van der Waals surface area contributed by atoms with Crippen LogP contribution in [0.5, 0.6) is 0 Å². The molecule has 0 unspecified atom stereocenters. The summed E-state index contributed by atoms with van der Waals surface area (Å²) in [6.07, 6.45) is 2.62. The lowest BCUT2D eigenvalue weighted by Gasteiger charge is -2.21. The van der Waals surface area contributed by atoms with Gasteiger partial charge in [-0.1, -0.05) is 11.6 Å². The quantitative estimate of drug-likeness (QED) is 0.670. The summed E-state index contributed by atoms with van der Waals surface area (Å²) in [6, 6.07) is 3.32. The van der Waals surface area contributed by atoms with Gasteiger partial charge in [0.15, 0.2) is 5.82 Å². The molecule has 0 saturated carbocycles. The summed E-state index contributed by atoms with van der Waals surface area (Å²) in [5.74, 6) is -0.598. The molecule has 2 aromatic heterocycles. The fourth-order valence-corrected chi connectivity index (χ4v) is 3.09. The van der Waals surface area contributed by atoms with Gasteiger partial charge in [-0.15, -0.1) is 0 Å². The lowest BCUT2D eigenvalue weighted by Crippen LogP contribution is -2.17. The molecular weight excluding hydrogens is 352 g/mol. The third-order valence-corrected chi connectivity index (χ3v) is 4.31. The van der Waals surface area contributed by atoms with Crippen molar-refractivity contribution in [2.75, 3.05) is 0 Å². The van der Waals surface area contributed by atoms with Gasteiger partial charge in [0.1, 0.15) is 5.69 Å². The van der Waals surface area contributed by atoms with Crippen LogP contribution in [0.4, 0.5) is 4.39 Å². The number of aromatic nitrogens is 3. The molecule has 0 spiro atoms. The standard InChI is InChI=1S/C17H14Cl2FN3O/c1-8-10-4-9(14-13(20)7-22-16(19)23-14)5-12(18)15(10)21-6-11(8)17(2,3)24/h4-7,24H,1-3H3. The predicted octanol–water partition coefficient (Wildman–Crippen LogP) is 4.67. The first kappa shape index (κ1) is 17.0. The van der Waals surface area contributed by atoms with Crippen LogP contribution in [-0.2, 0) is 5.60 Å². The first-order chi connectivity index (χ1) is 11.2. The summed E-state index contributed by atoms with van der Waals surface area (Å²) >= 11 is 12.1. The number of hydrogen-bond donors (Lipinski definition) is 1. The Morgan fingerprint density at radius 2 is 1.83 bits per heavy atom. The average Bonchev–Trinajstić information content (AvgIpc) is 2.49. The Bertz CT molecular complexity index is 955. The molecule has 0 amide bonds. The maximum atomic E-state index is 14.1. The van der Waals surface area contributed by atoms with Gasteiger partial charge in [-0.3, -0.25) is 4.98 Å². The Morgan fingerprint density at radius 1 is 1.12 bits per heavy atom. The van der Waals surface area contributed by atoms with Crippen molar-refractivity contribution in [1.29, 1.82) is 0 Å². The Kier molecular flexibility index (Phi) is 4.20. The lowest BCUT2D eigenvalue weighted by atomic mass is 9.92. The zero-order valence-electron chi connectivity index (χ0n) is 13.2. The van der Waals surface area contributed by atoms with Crippen molar-refractivity contribution in [3.63, 3.8) is 0 Å². The second kappa shape index (κ2) is 5.92. The number of fused-ring (bicyclic) bond motifs is 1. The Balaban J connectivity index is 2.33. The smallest absolute Gasteiger partial charge is 0.223 e. The van der Waals surface area contributed by atoms with Gasteiger partial charge in [-0.25, -0.2) is 14.4 Å². The molecule has 0 radical (unpaired) electrons. The highest BCUT2D eigenvalue weighted by Gasteiger charge is 2.22. The number of rotatable bonds is 2. The maximum Gasteiger partial charge on any atom is 0.223 e. The van der Waals surface area contributed by atoms with E-state index in [1.54, 1.807) is 32.2 Å². The van der Waals surface area contributed by atoms with E-state index in [-0.39, 0.29) is 11.0 Å². The molecule has 0 bridgehead atoms. The van der Waals surface area contributed by atoms with Crippen LogP contribution in [0.25, 0.3) is 22.2 Å². The molecule has 2 heterocycles. The van der Waals surface area contributed by atoms with Crippen molar-refractivity contribution in [2.45, 2.75) is 26.4 Å². The number of aliphatic hydroxyl groups is 1. The molecule has 0 aliphatic rings. The maximum absolute atomic E-state index is 14.1. The van der Waals surface area contributed by atoms with E-state index < -0.39 is 11.4 Å². The van der Waals surface area contributed by atoms with Crippen LogP contribution in [0.2, 0.25) is 10.3 Å². The number of benzene rings is 1. The molecule has 1 N–H and O–H groups in total. The van der Waals surface area contributed by atoms with Crippen LogP contribution >= 0.6 is 23.2 Å². The van der Waals surface area contributed by atoms with Crippen molar-refractivity contribution in [3.05, 3.63) is 51.8 Å². The Labute approximate surface area is 148 Å². The van der Waals surface area contributed by atoms with Crippen molar-refractivity contribution in [3.8, 4) is 11.3 Å². The van der Waals surface area contributed by atoms with Gasteiger partial charge in [0.25, 0.3) is 0 Å². The monoisotopic (exact) mass is 365 g/mol. The SMILES string of the molecule is Cc1c(C(C)(C)O)cnc2c(Cl)cc(-c3nc(Cl)ncc3F)cc12. The van der Waals surface area contributed by atoms with Crippen molar-refractivity contribution in [2.24, 2.45) is 0 Å². The van der Waals surface area contributed by atoms with Crippen LogP contribution in [-0.4, -0.2) is 20.1 Å². The third kappa shape index (κ3) is 2.95. The van der Waals surface area contributed by atoms with Crippen LogP contribution in [0.15, 0.2) is 24.5 Å². The van der Waals surface area contributed by atoms with Crippen LogP contribution in [0, 0.1) is 12.7 Å². The number of hydrogen-bond acceptors (Lipinski definition) is 4. The molecule has 0 saturated heterocycles. The largest absolute Gasteiger partial charge is 0.386 e. The van der Waals surface area contributed by atoms with Gasteiger partial charge in [0, 0.05) is 22.7 Å². The first-order valence-electron chi connectivity index (χ1n) is 7.18. The molecule has 7 heteroatoms. The second-order valence-electron chi connectivity index (χ2n) is 6.05. The van der Waals surface area contributed by atoms with E-state index in [9.17, 15) is 9.50 Å². The van der Waals surface area contributed by atoms with E-state index in [4.69, 9.17) is 23.2 Å². The molecule has 24 heavy (non-hydrogen) atoms. The van der Waals surface area contributed by atoms with Gasteiger partial charge in [0.05, 0.1) is 22.3 Å². The number of nitrogens with zero attached hydrogens (tertiary/aromatic N) is 3. The molecule has 0 aliphatic carbocycles. The summed E-state index contributed by atoms with van der Waals surface area (Å²) in [4.78, 5) is 11.9. The fourth-order valence-electron chi connectivity index (χ4n) is 2.69. The van der Waals surface area contributed by atoms with Gasteiger partial charge in [-0.05, 0) is 50.1 Å². The molecule has 0 aliphatic heterocycles. The van der Waals surface area contributed by atoms with E-state index >= 15 is 0 Å². The molecule has 0 atom stereocenters. The summed E-state index contributed by atoms with van der Waals surface area (Å²) in [5.41, 5.74) is 1.53. The normalized spacial score (nSPS) is 12.0. The van der Waals surface area contributed by atoms with Crippen molar-refractivity contribution < 1.29 is 9.50 Å². The minimum Gasteiger partial charge on any atom is -0.386 e. The van der Waals surface area contributed by atoms with Crippen LogP contribution < -0.4 is 0 Å². The molecule has 1 aromatic carbocycles. The summed E-state index contributed by atoms with van der Waals surface area (Å²) in [7, 11) is 0. The highest BCUT2D eigenvalue weighted by Crippen LogP contribution is 2.35. The second-order valence-corrected chi connectivity index (χ2v) is 6.79. The van der Waals surface area contributed by atoms with Crippen molar-refractivity contribution in [1.82, 2.24) is 15.0 Å². The minimum absolute atomic E-state index is 0.0530. The van der Waals surface area contributed by atoms with E-state index in [0.717, 1.165) is 11.8 Å². The summed E-state index contributed by atoms with van der Waals surface area (Å²) in [5, 5.41) is 11.3. The van der Waals surface area contributed by atoms with Gasteiger partial charge >= 0.3 is 0 Å². The molecule has 4 nitrogen and oxygen atoms in total. The van der Waals surface area contributed by atoms with E-state index in [1.165, 1.54) is 0 Å². The van der Waals surface area contributed by atoms with Gasteiger partial charge < -0.3 is 5.11 Å².